The number of aliphatic carboxylic acids is 1. The molecular formula is C6H11NO3. The first kappa shape index (κ1) is 7.50. The molecule has 0 radical (unpaired) electrons. The van der Waals surface area contributed by atoms with Gasteiger partial charge in [0.25, 0.3) is 0 Å². The van der Waals surface area contributed by atoms with Gasteiger partial charge in [0.05, 0.1) is 6.10 Å². The van der Waals surface area contributed by atoms with Crippen LogP contribution in [0.2, 0.25) is 0 Å². The van der Waals surface area contributed by atoms with Crippen molar-refractivity contribution in [1.29, 1.82) is 0 Å². The Balaban J connectivity index is 2.00. The minimum atomic E-state index is -0.894. The van der Waals surface area contributed by atoms with Crippen LogP contribution in [0, 0.1) is 0 Å². The Hall–Kier alpha value is -0.610. The first-order valence-electron chi connectivity index (χ1n) is 3.20. The van der Waals surface area contributed by atoms with Crippen molar-refractivity contribution in [2.45, 2.75) is 6.10 Å². The molecule has 4 heteroatoms. The third-order valence-electron chi connectivity index (χ3n) is 1.47. The summed E-state index contributed by atoms with van der Waals surface area (Å²) in [5, 5.41) is 8.21. The lowest BCUT2D eigenvalue weighted by Gasteiger charge is -2.35. The third-order valence-corrected chi connectivity index (χ3v) is 1.47. The molecule has 4 nitrogen and oxygen atoms in total. The summed E-state index contributed by atoms with van der Waals surface area (Å²) in [7, 11) is 1.97. The van der Waals surface area contributed by atoms with E-state index in [1.54, 1.807) is 0 Å². The van der Waals surface area contributed by atoms with Crippen LogP contribution in [0.15, 0.2) is 0 Å². The van der Waals surface area contributed by atoms with Crippen LogP contribution >= 0.6 is 0 Å². The van der Waals surface area contributed by atoms with Crippen LogP contribution in [0.25, 0.3) is 0 Å². The van der Waals surface area contributed by atoms with Crippen molar-refractivity contribution >= 4 is 5.97 Å². The Morgan fingerprint density at radius 1 is 1.80 bits per heavy atom. The number of hydrogen-bond acceptors (Lipinski definition) is 3. The number of likely N-dealkylation sites (tertiary alicyclic amines) is 1. The highest BCUT2D eigenvalue weighted by molar-refractivity contribution is 5.68. The number of likely N-dealkylation sites (N-methyl/N-ethyl adjacent to an activating group) is 1. The van der Waals surface area contributed by atoms with E-state index in [0.717, 1.165) is 13.1 Å². The second-order valence-electron chi connectivity index (χ2n) is 2.55. The molecule has 0 bridgehead atoms. The average molecular weight is 145 g/mol. The van der Waals surface area contributed by atoms with Gasteiger partial charge in [-0.05, 0) is 7.05 Å². The maximum atomic E-state index is 9.99. The summed E-state index contributed by atoms with van der Waals surface area (Å²) < 4.78 is 4.97. The SMILES string of the molecule is CN1CC(OCC(=O)O)C1. The van der Waals surface area contributed by atoms with Crippen molar-refractivity contribution in [2.75, 3.05) is 26.7 Å². The van der Waals surface area contributed by atoms with Crippen LogP contribution in [-0.2, 0) is 9.53 Å². The van der Waals surface area contributed by atoms with Gasteiger partial charge in [0.15, 0.2) is 0 Å². The standard InChI is InChI=1S/C6H11NO3/c1-7-2-5(3-7)10-4-6(8)9/h5H,2-4H2,1H3,(H,8,9). The van der Waals surface area contributed by atoms with E-state index in [4.69, 9.17) is 9.84 Å². The summed E-state index contributed by atoms with van der Waals surface area (Å²) in [4.78, 5) is 12.1. The number of ether oxygens (including phenoxy) is 1. The van der Waals surface area contributed by atoms with Gasteiger partial charge in [-0.1, -0.05) is 0 Å². The summed E-state index contributed by atoms with van der Waals surface area (Å²) in [5.74, 6) is -0.894. The minimum Gasteiger partial charge on any atom is -0.480 e. The summed E-state index contributed by atoms with van der Waals surface area (Å²) in [6.45, 7) is 1.54. The molecule has 1 aliphatic heterocycles. The average Bonchev–Trinajstić information content (AvgIpc) is 1.77. The fourth-order valence-electron chi connectivity index (χ4n) is 0.936. The zero-order chi connectivity index (χ0) is 7.56. The monoisotopic (exact) mass is 145 g/mol. The molecule has 1 rings (SSSR count). The van der Waals surface area contributed by atoms with Crippen molar-refractivity contribution in [3.63, 3.8) is 0 Å². The Labute approximate surface area is 59.4 Å². The van der Waals surface area contributed by atoms with Crippen LogP contribution in [0.1, 0.15) is 0 Å². The Morgan fingerprint density at radius 2 is 2.40 bits per heavy atom. The molecule has 0 amide bonds. The van der Waals surface area contributed by atoms with Gasteiger partial charge in [-0.2, -0.15) is 0 Å². The molecule has 0 atom stereocenters. The van der Waals surface area contributed by atoms with E-state index in [9.17, 15) is 4.79 Å². The topological polar surface area (TPSA) is 49.8 Å². The fraction of sp³-hybridized carbons (Fsp3) is 0.833. The highest BCUT2D eigenvalue weighted by Gasteiger charge is 2.23. The van der Waals surface area contributed by atoms with E-state index in [1.165, 1.54) is 0 Å². The molecule has 58 valence electrons. The summed E-state index contributed by atoms with van der Waals surface area (Å²) in [5.41, 5.74) is 0. The first-order chi connectivity index (χ1) is 4.68. The second kappa shape index (κ2) is 2.98. The molecule has 1 N–H and O–H groups in total. The quantitative estimate of drug-likeness (QED) is 0.576. The fourth-order valence-corrected chi connectivity index (χ4v) is 0.936. The van der Waals surface area contributed by atoms with Crippen LogP contribution in [-0.4, -0.2) is 48.8 Å². The van der Waals surface area contributed by atoms with Crippen molar-refractivity contribution in [1.82, 2.24) is 4.90 Å². The molecule has 0 saturated carbocycles. The smallest absolute Gasteiger partial charge is 0.329 e. The van der Waals surface area contributed by atoms with Crippen molar-refractivity contribution in [3.05, 3.63) is 0 Å². The number of nitrogens with zero attached hydrogens (tertiary/aromatic N) is 1. The van der Waals surface area contributed by atoms with Gasteiger partial charge in [-0.15, -0.1) is 0 Å². The molecule has 0 spiro atoms. The van der Waals surface area contributed by atoms with Gasteiger partial charge in [0, 0.05) is 13.1 Å². The molecule has 1 fully saturated rings. The van der Waals surface area contributed by atoms with Gasteiger partial charge in [-0.25, -0.2) is 4.79 Å². The Bertz CT molecular complexity index is 131. The van der Waals surface area contributed by atoms with Crippen LogP contribution < -0.4 is 0 Å². The first-order valence-corrected chi connectivity index (χ1v) is 3.20. The van der Waals surface area contributed by atoms with Gasteiger partial charge >= 0.3 is 5.97 Å². The number of carboxylic acid groups (broad SMARTS) is 1. The summed E-state index contributed by atoms with van der Waals surface area (Å²) >= 11 is 0. The van der Waals surface area contributed by atoms with E-state index in [1.807, 2.05) is 7.05 Å². The van der Waals surface area contributed by atoms with Crippen LogP contribution in [0.5, 0.6) is 0 Å². The lowest BCUT2D eigenvalue weighted by Crippen LogP contribution is -2.50. The molecule has 0 aromatic carbocycles. The highest BCUT2D eigenvalue weighted by atomic mass is 16.5. The molecule has 0 aromatic rings. The Kier molecular flexibility index (Phi) is 2.24. The van der Waals surface area contributed by atoms with Crippen molar-refractivity contribution in [3.8, 4) is 0 Å². The van der Waals surface area contributed by atoms with E-state index in [-0.39, 0.29) is 12.7 Å². The Morgan fingerprint density at radius 3 is 2.80 bits per heavy atom. The second-order valence-corrected chi connectivity index (χ2v) is 2.55. The molecule has 1 saturated heterocycles. The predicted octanol–water partition coefficient (Wildman–Crippen LogP) is -0.598. The molecule has 0 aromatic heterocycles. The van der Waals surface area contributed by atoms with Crippen molar-refractivity contribution in [2.24, 2.45) is 0 Å². The largest absolute Gasteiger partial charge is 0.480 e. The van der Waals surface area contributed by atoms with Crippen LogP contribution in [0.3, 0.4) is 0 Å². The lowest BCUT2D eigenvalue weighted by molar-refractivity contribution is -0.147. The van der Waals surface area contributed by atoms with Gasteiger partial charge < -0.3 is 14.7 Å². The van der Waals surface area contributed by atoms with Gasteiger partial charge in [0.2, 0.25) is 0 Å². The maximum absolute atomic E-state index is 9.99. The number of carboxylic acids is 1. The van der Waals surface area contributed by atoms with Crippen LogP contribution in [0.4, 0.5) is 0 Å². The number of rotatable bonds is 3. The highest BCUT2D eigenvalue weighted by Crippen LogP contribution is 2.07. The van der Waals surface area contributed by atoms with E-state index < -0.39 is 5.97 Å². The predicted molar refractivity (Wildman–Crippen MR) is 34.9 cm³/mol. The maximum Gasteiger partial charge on any atom is 0.329 e. The van der Waals surface area contributed by atoms with Gasteiger partial charge in [0.1, 0.15) is 6.61 Å². The number of carbonyl (C=O) groups is 1. The number of hydrogen-bond donors (Lipinski definition) is 1. The van der Waals surface area contributed by atoms with E-state index >= 15 is 0 Å². The molecule has 1 heterocycles. The normalized spacial score (nSPS) is 20.5. The van der Waals surface area contributed by atoms with Gasteiger partial charge in [-0.3, -0.25) is 0 Å². The zero-order valence-corrected chi connectivity index (χ0v) is 5.91. The van der Waals surface area contributed by atoms with E-state index in [2.05, 4.69) is 4.90 Å². The molecular weight excluding hydrogens is 134 g/mol. The zero-order valence-electron chi connectivity index (χ0n) is 5.91. The van der Waals surface area contributed by atoms with E-state index in [0.29, 0.717) is 0 Å². The molecule has 0 unspecified atom stereocenters. The molecule has 10 heavy (non-hydrogen) atoms. The lowest BCUT2D eigenvalue weighted by atomic mass is 10.2. The summed E-state index contributed by atoms with van der Waals surface area (Å²) in [6, 6.07) is 0. The molecule has 0 aliphatic carbocycles. The minimum absolute atomic E-state index is 0.140. The third kappa shape index (κ3) is 1.97. The summed E-state index contributed by atoms with van der Waals surface area (Å²) in [6.07, 6.45) is 0.140. The van der Waals surface area contributed by atoms with Crippen molar-refractivity contribution < 1.29 is 14.6 Å². The molecule has 1 aliphatic rings.